The highest BCUT2D eigenvalue weighted by atomic mass is 16.1. The molecule has 0 radical (unpaired) electrons. The molecule has 110 valence electrons. The second-order valence-corrected chi connectivity index (χ2v) is 5.87. The Morgan fingerprint density at radius 1 is 1.50 bits per heavy atom. The quantitative estimate of drug-likeness (QED) is 0.812. The summed E-state index contributed by atoms with van der Waals surface area (Å²) in [6.45, 7) is 7.59. The molecule has 1 aromatic rings. The number of anilines is 2. The molecule has 4 heteroatoms. The molecule has 1 aliphatic rings. The fourth-order valence-corrected chi connectivity index (χ4v) is 2.69. The van der Waals surface area contributed by atoms with Crippen molar-refractivity contribution in [3.63, 3.8) is 0 Å². The van der Waals surface area contributed by atoms with E-state index in [1.54, 1.807) is 0 Å². The molecule has 0 spiro atoms. The van der Waals surface area contributed by atoms with Crippen molar-refractivity contribution >= 4 is 17.3 Å². The van der Waals surface area contributed by atoms with Crippen molar-refractivity contribution in [3.8, 4) is 0 Å². The van der Waals surface area contributed by atoms with E-state index >= 15 is 0 Å². The number of nitrogens with one attached hydrogen (secondary N) is 1. The van der Waals surface area contributed by atoms with Crippen LogP contribution in [-0.2, 0) is 4.79 Å². The molecule has 20 heavy (non-hydrogen) atoms. The van der Waals surface area contributed by atoms with Crippen LogP contribution in [-0.4, -0.2) is 30.4 Å². The van der Waals surface area contributed by atoms with Gasteiger partial charge in [-0.3, -0.25) is 4.79 Å². The zero-order valence-electron chi connectivity index (χ0n) is 12.5. The molecule has 3 N–H and O–H groups in total. The van der Waals surface area contributed by atoms with Gasteiger partial charge in [0.15, 0.2) is 0 Å². The fourth-order valence-electron chi connectivity index (χ4n) is 2.69. The normalized spacial score (nSPS) is 19.2. The third-order valence-corrected chi connectivity index (χ3v) is 4.04. The number of nitrogen functional groups attached to an aromatic ring is 1. The van der Waals surface area contributed by atoms with Crippen molar-refractivity contribution in [3.05, 3.63) is 23.8 Å². The summed E-state index contributed by atoms with van der Waals surface area (Å²) in [5, 5.41) is 2.95. The van der Waals surface area contributed by atoms with Crippen LogP contribution in [0.15, 0.2) is 18.2 Å². The lowest BCUT2D eigenvalue weighted by Crippen LogP contribution is -2.23. The predicted octanol–water partition coefficient (Wildman–Crippen LogP) is 2.64. The first kappa shape index (κ1) is 14.9. The SMILES string of the molecule is Cc1c(N)cccc1NC(=O)CCCN1CCC(C)C1. The van der Waals surface area contributed by atoms with Gasteiger partial charge in [0.25, 0.3) is 0 Å². The monoisotopic (exact) mass is 275 g/mol. The van der Waals surface area contributed by atoms with Crippen LogP contribution in [0.5, 0.6) is 0 Å². The van der Waals surface area contributed by atoms with E-state index in [1.807, 2.05) is 25.1 Å². The number of likely N-dealkylation sites (tertiary alicyclic amines) is 1. The minimum Gasteiger partial charge on any atom is -0.398 e. The van der Waals surface area contributed by atoms with Crippen molar-refractivity contribution < 1.29 is 4.79 Å². The molecule has 0 bridgehead atoms. The van der Waals surface area contributed by atoms with E-state index < -0.39 is 0 Å². The minimum absolute atomic E-state index is 0.0749. The third kappa shape index (κ3) is 3.97. The second-order valence-electron chi connectivity index (χ2n) is 5.87. The van der Waals surface area contributed by atoms with Crippen molar-refractivity contribution in [2.75, 3.05) is 30.7 Å². The molecular formula is C16H25N3O. The van der Waals surface area contributed by atoms with E-state index in [9.17, 15) is 4.79 Å². The molecular weight excluding hydrogens is 250 g/mol. The Labute approximate surface area is 121 Å². The van der Waals surface area contributed by atoms with Gasteiger partial charge in [-0.1, -0.05) is 13.0 Å². The summed E-state index contributed by atoms with van der Waals surface area (Å²) in [5.74, 6) is 0.879. The number of carbonyl (C=O) groups excluding carboxylic acids is 1. The van der Waals surface area contributed by atoms with Gasteiger partial charge >= 0.3 is 0 Å². The molecule has 1 aromatic carbocycles. The lowest BCUT2D eigenvalue weighted by atomic mass is 10.1. The first-order valence-corrected chi connectivity index (χ1v) is 7.43. The van der Waals surface area contributed by atoms with E-state index in [1.165, 1.54) is 19.5 Å². The molecule has 1 saturated heterocycles. The lowest BCUT2D eigenvalue weighted by molar-refractivity contribution is -0.116. The largest absolute Gasteiger partial charge is 0.398 e. The summed E-state index contributed by atoms with van der Waals surface area (Å²) in [4.78, 5) is 14.4. The number of nitrogens with two attached hydrogens (primary N) is 1. The minimum atomic E-state index is 0.0749. The molecule has 1 fully saturated rings. The Kier molecular flexibility index (Phi) is 5.01. The first-order valence-electron chi connectivity index (χ1n) is 7.43. The summed E-state index contributed by atoms with van der Waals surface area (Å²) in [7, 11) is 0. The molecule has 1 heterocycles. The maximum absolute atomic E-state index is 11.9. The van der Waals surface area contributed by atoms with Crippen molar-refractivity contribution in [2.24, 2.45) is 5.92 Å². The van der Waals surface area contributed by atoms with Crippen LogP contribution in [0.1, 0.15) is 31.7 Å². The highest BCUT2D eigenvalue weighted by molar-refractivity contribution is 5.92. The molecule has 1 atom stereocenters. The Morgan fingerprint density at radius 3 is 3.00 bits per heavy atom. The average Bonchev–Trinajstić information content (AvgIpc) is 2.81. The number of hydrogen-bond acceptors (Lipinski definition) is 3. The molecule has 1 aliphatic heterocycles. The molecule has 1 amide bonds. The van der Waals surface area contributed by atoms with Gasteiger partial charge in [-0.15, -0.1) is 0 Å². The van der Waals surface area contributed by atoms with Crippen molar-refractivity contribution in [1.82, 2.24) is 4.90 Å². The van der Waals surface area contributed by atoms with Crippen LogP contribution >= 0.6 is 0 Å². The van der Waals surface area contributed by atoms with Gasteiger partial charge in [-0.05, 0) is 56.5 Å². The smallest absolute Gasteiger partial charge is 0.224 e. The molecule has 0 aromatic heterocycles. The van der Waals surface area contributed by atoms with Gasteiger partial charge in [0.05, 0.1) is 0 Å². The number of carbonyl (C=O) groups is 1. The highest BCUT2D eigenvalue weighted by Gasteiger charge is 2.18. The predicted molar refractivity (Wildman–Crippen MR) is 83.7 cm³/mol. The number of benzene rings is 1. The van der Waals surface area contributed by atoms with Crippen LogP contribution in [0.3, 0.4) is 0 Å². The maximum Gasteiger partial charge on any atom is 0.224 e. The standard InChI is InChI=1S/C16H25N3O/c1-12-8-10-19(11-12)9-4-7-16(20)18-15-6-3-5-14(17)13(15)2/h3,5-6,12H,4,7-11,17H2,1-2H3,(H,18,20). The average molecular weight is 275 g/mol. The van der Waals surface area contributed by atoms with Gasteiger partial charge in [0, 0.05) is 24.3 Å². The summed E-state index contributed by atoms with van der Waals surface area (Å²) in [5.41, 5.74) is 8.31. The Hall–Kier alpha value is -1.55. The summed E-state index contributed by atoms with van der Waals surface area (Å²) in [6.07, 6.45) is 2.77. The number of hydrogen-bond donors (Lipinski definition) is 2. The Morgan fingerprint density at radius 2 is 2.30 bits per heavy atom. The van der Waals surface area contributed by atoms with E-state index in [4.69, 9.17) is 5.73 Å². The first-order chi connectivity index (χ1) is 9.56. The molecule has 2 rings (SSSR count). The summed E-state index contributed by atoms with van der Waals surface area (Å²) in [6, 6.07) is 5.61. The zero-order valence-corrected chi connectivity index (χ0v) is 12.5. The Bertz CT molecular complexity index is 473. The van der Waals surface area contributed by atoms with Crippen LogP contribution in [0, 0.1) is 12.8 Å². The van der Waals surface area contributed by atoms with Crippen LogP contribution < -0.4 is 11.1 Å². The van der Waals surface area contributed by atoms with Crippen molar-refractivity contribution in [2.45, 2.75) is 33.1 Å². The van der Waals surface area contributed by atoms with Gasteiger partial charge < -0.3 is 16.0 Å². The lowest BCUT2D eigenvalue weighted by Gasteiger charge is -2.15. The van der Waals surface area contributed by atoms with Crippen LogP contribution in [0.2, 0.25) is 0 Å². The van der Waals surface area contributed by atoms with E-state index in [-0.39, 0.29) is 5.91 Å². The topological polar surface area (TPSA) is 58.4 Å². The molecule has 0 aliphatic carbocycles. The van der Waals surface area contributed by atoms with Crippen LogP contribution in [0.4, 0.5) is 11.4 Å². The van der Waals surface area contributed by atoms with E-state index in [0.29, 0.717) is 12.1 Å². The zero-order chi connectivity index (χ0) is 14.5. The summed E-state index contributed by atoms with van der Waals surface area (Å²) >= 11 is 0. The fraction of sp³-hybridized carbons (Fsp3) is 0.562. The Balaban J connectivity index is 1.74. The van der Waals surface area contributed by atoms with Crippen LogP contribution in [0.25, 0.3) is 0 Å². The number of rotatable bonds is 5. The second kappa shape index (κ2) is 6.75. The van der Waals surface area contributed by atoms with Gasteiger partial charge in [-0.25, -0.2) is 0 Å². The molecule has 0 saturated carbocycles. The summed E-state index contributed by atoms with van der Waals surface area (Å²) < 4.78 is 0. The van der Waals surface area contributed by atoms with Gasteiger partial charge in [0.1, 0.15) is 0 Å². The maximum atomic E-state index is 11.9. The van der Waals surface area contributed by atoms with E-state index in [0.717, 1.165) is 30.1 Å². The highest BCUT2D eigenvalue weighted by Crippen LogP contribution is 2.21. The third-order valence-electron chi connectivity index (χ3n) is 4.04. The van der Waals surface area contributed by atoms with Crippen molar-refractivity contribution in [1.29, 1.82) is 0 Å². The number of amides is 1. The molecule has 4 nitrogen and oxygen atoms in total. The number of nitrogens with zero attached hydrogens (tertiary/aromatic N) is 1. The molecule has 1 unspecified atom stereocenters. The van der Waals surface area contributed by atoms with E-state index in [2.05, 4.69) is 17.1 Å². The van der Waals surface area contributed by atoms with Gasteiger partial charge in [0.2, 0.25) is 5.91 Å². The van der Waals surface area contributed by atoms with Gasteiger partial charge in [-0.2, -0.15) is 0 Å².